The van der Waals surface area contributed by atoms with Gasteiger partial charge in [-0.25, -0.2) is 4.39 Å². The lowest BCUT2D eigenvalue weighted by atomic mass is 10.1. The van der Waals surface area contributed by atoms with Crippen molar-refractivity contribution in [1.82, 2.24) is 5.43 Å². The third-order valence-corrected chi connectivity index (χ3v) is 4.22. The van der Waals surface area contributed by atoms with Gasteiger partial charge in [0.1, 0.15) is 5.82 Å². The van der Waals surface area contributed by atoms with E-state index in [9.17, 15) is 4.39 Å². The van der Waals surface area contributed by atoms with Crippen LogP contribution < -0.4 is 11.3 Å². The topological polar surface area (TPSA) is 38.0 Å². The summed E-state index contributed by atoms with van der Waals surface area (Å²) in [5.41, 5.74) is 3.27. The standard InChI is InChI=1S/C12H18BrFN2S/c1-12(2,3)17-7-10(16-15)8-5-4-6-9(13)11(8)14/h4-6,10,16H,7,15H2,1-3H3. The highest BCUT2D eigenvalue weighted by Crippen LogP contribution is 2.30. The quantitative estimate of drug-likeness (QED) is 0.657. The van der Waals surface area contributed by atoms with Gasteiger partial charge in [-0.2, -0.15) is 11.8 Å². The first-order valence-electron chi connectivity index (χ1n) is 5.39. The van der Waals surface area contributed by atoms with Gasteiger partial charge in [0.25, 0.3) is 0 Å². The molecule has 0 heterocycles. The van der Waals surface area contributed by atoms with E-state index in [4.69, 9.17) is 5.84 Å². The molecule has 0 aromatic heterocycles. The molecular weight excluding hydrogens is 303 g/mol. The number of halogens is 2. The molecule has 0 aliphatic rings. The Bertz CT molecular complexity index is 379. The maximum absolute atomic E-state index is 13.9. The van der Waals surface area contributed by atoms with E-state index in [0.717, 1.165) is 5.75 Å². The Morgan fingerprint density at radius 3 is 2.65 bits per heavy atom. The van der Waals surface area contributed by atoms with Gasteiger partial charge < -0.3 is 0 Å². The molecule has 1 atom stereocenters. The van der Waals surface area contributed by atoms with Crippen LogP contribution in [0.2, 0.25) is 0 Å². The molecule has 2 nitrogen and oxygen atoms in total. The number of nitrogens with two attached hydrogens (primary N) is 1. The average Bonchev–Trinajstić information content (AvgIpc) is 2.23. The summed E-state index contributed by atoms with van der Waals surface area (Å²) in [4.78, 5) is 0. The minimum absolute atomic E-state index is 0.136. The Labute approximate surface area is 115 Å². The summed E-state index contributed by atoms with van der Waals surface area (Å²) in [5.74, 6) is 5.99. The molecule has 1 rings (SSSR count). The zero-order valence-electron chi connectivity index (χ0n) is 10.3. The summed E-state index contributed by atoms with van der Waals surface area (Å²) in [5, 5.41) is 0. The van der Waals surface area contributed by atoms with Crippen LogP contribution in [0.1, 0.15) is 32.4 Å². The lowest BCUT2D eigenvalue weighted by Gasteiger charge is -2.23. The van der Waals surface area contributed by atoms with E-state index in [1.807, 2.05) is 6.07 Å². The highest BCUT2D eigenvalue weighted by Gasteiger charge is 2.19. The van der Waals surface area contributed by atoms with Gasteiger partial charge in [-0.05, 0) is 22.0 Å². The van der Waals surface area contributed by atoms with Gasteiger partial charge in [0.05, 0.1) is 10.5 Å². The summed E-state index contributed by atoms with van der Waals surface area (Å²) in [6, 6.07) is 5.07. The van der Waals surface area contributed by atoms with Crippen molar-refractivity contribution < 1.29 is 4.39 Å². The number of hydrogen-bond acceptors (Lipinski definition) is 3. The van der Waals surface area contributed by atoms with Crippen LogP contribution in [0, 0.1) is 5.82 Å². The fraction of sp³-hybridized carbons (Fsp3) is 0.500. The number of nitrogens with one attached hydrogen (secondary N) is 1. The lowest BCUT2D eigenvalue weighted by molar-refractivity contribution is 0.542. The van der Waals surface area contributed by atoms with Crippen LogP contribution in [0.3, 0.4) is 0 Å². The van der Waals surface area contributed by atoms with E-state index in [2.05, 4.69) is 42.1 Å². The first kappa shape index (κ1) is 15.0. The van der Waals surface area contributed by atoms with Gasteiger partial charge in [0.2, 0.25) is 0 Å². The normalized spacial score (nSPS) is 13.8. The molecule has 1 aromatic rings. The minimum Gasteiger partial charge on any atom is -0.271 e. The summed E-state index contributed by atoms with van der Waals surface area (Å²) < 4.78 is 14.5. The predicted molar refractivity (Wildman–Crippen MR) is 76.4 cm³/mol. The molecule has 0 saturated carbocycles. The number of rotatable bonds is 4. The molecular formula is C12H18BrFN2S. The monoisotopic (exact) mass is 320 g/mol. The third-order valence-electron chi connectivity index (χ3n) is 2.24. The zero-order chi connectivity index (χ0) is 13.1. The molecule has 17 heavy (non-hydrogen) atoms. The Kier molecular flexibility index (Phi) is 5.44. The smallest absolute Gasteiger partial charge is 0.142 e. The van der Waals surface area contributed by atoms with Crippen molar-refractivity contribution in [1.29, 1.82) is 0 Å². The van der Waals surface area contributed by atoms with E-state index >= 15 is 0 Å². The maximum Gasteiger partial charge on any atom is 0.142 e. The van der Waals surface area contributed by atoms with Crippen LogP contribution >= 0.6 is 27.7 Å². The van der Waals surface area contributed by atoms with E-state index in [1.165, 1.54) is 0 Å². The number of benzene rings is 1. The summed E-state index contributed by atoms with van der Waals surface area (Å²) in [6.07, 6.45) is 0. The molecule has 0 spiro atoms. The molecule has 0 aliphatic carbocycles. The number of hydrogen-bond donors (Lipinski definition) is 2. The predicted octanol–water partition coefficient (Wildman–Crippen LogP) is 3.62. The average molecular weight is 321 g/mol. The summed E-state index contributed by atoms with van der Waals surface area (Å²) in [6.45, 7) is 6.38. The Hall–Kier alpha value is -0.100. The molecule has 0 bridgehead atoms. The molecule has 1 unspecified atom stereocenters. The van der Waals surface area contributed by atoms with Gasteiger partial charge in [-0.3, -0.25) is 11.3 Å². The van der Waals surface area contributed by atoms with Crippen molar-refractivity contribution in [3.63, 3.8) is 0 Å². The second kappa shape index (κ2) is 6.18. The second-order valence-corrected chi connectivity index (χ2v) is 7.49. The zero-order valence-corrected chi connectivity index (χ0v) is 12.7. The summed E-state index contributed by atoms with van der Waals surface area (Å²) >= 11 is 4.93. The molecule has 0 aliphatic heterocycles. The SMILES string of the molecule is CC(C)(C)SCC(NN)c1cccc(Br)c1F. The van der Waals surface area contributed by atoms with Gasteiger partial charge >= 0.3 is 0 Å². The number of thioether (sulfide) groups is 1. The highest BCUT2D eigenvalue weighted by atomic mass is 79.9. The van der Waals surface area contributed by atoms with Gasteiger partial charge in [-0.1, -0.05) is 32.9 Å². The van der Waals surface area contributed by atoms with E-state index < -0.39 is 0 Å². The van der Waals surface area contributed by atoms with Crippen molar-refractivity contribution in [2.45, 2.75) is 31.6 Å². The summed E-state index contributed by atoms with van der Waals surface area (Å²) in [7, 11) is 0. The minimum atomic E-state index is -0.245. The van der Waals surface area contributed by atoms with Gasteiger partial charge in [-0.15, -0.1) is 0 Å². The van der Waals surface area contributed by atoms with Gasteiger partial charge in [0.15, 0.2) is 0 Å². The fourth-order valence-corrected chi connectivity index (χ4v) is 2.67. The molecule has 0 saturated heterocycles. The van der Waals surface area contributed by atoms with Crippen molar-refractivity contribution in [2.75, 3.05) is 5.75 Å². The van der Waals surface area contributed by atoms with Crippen LogP contribution in [-0.2, 0) is 0 Å². The van der Waals surface area contributed by atoms with Crippen molar-refractivity contribution in [3.8, 4) is 0 Å². The molecule has 0 radical (unpaired) electrons. The van der Waals surface area contributed by atoms with Gasteiger partial charge in [0, 0.05) is 16.1 Å². The highest BCUT2D eigenvalue weighted by molar-refractivity contribution is 9.10. The maximum atomic E-state index is 13.9. The Morgan fingerprint density at radius 2 is 2.12 bits per heavy atom. The van der Waals surface area contributed by atoms with E-state index in [0.29, 0.717) is 10.0 Å². The second-order valence-electron chi connectivity index (χ2n) is 4.79. The van der Waals surface area contributed by atoms with Crippen LogP contribution in [0.5, 0.6) is 0 Å². The lowest BCUT2D eigenvalue weighted by Crippen LogP contribution is -2.31. The van der Waals surface area contributed by atoms with Crippen LogP contribution in [0.15, 0.2) is 22.7 Å². The first-order valence-corrected chi connectivity index (χ1v) is 7.17. The van der Waals surface area contributed by atoms with E-state index in [-0.39, 0.29) is 16.6 Å². The Balaban J connectivity index is 2.83. The molecule has 1 aromatic carbocycles. The van der Waals surface area contributed by atoms with Crippen LogP contribution in [0.4, 0.5) is 4.39 Å². The third kappa shape index (κ3) is 4.58. The first-order chi connectivity index (χ1) is 7.85. The van der Waals surface area contributed by atoms with Crippen LogP contribution in [-0.4, -0.2) is 10.5 Å². The molecule has 96 valence electrons. The molecule has 0 amide bonds. The fourth-order valence-electron chi connectivity index (χ4n) is 1.35. The number of hydrazine groups is 1. The van der Waals surface area contributed by atoms with Crippen molar-refractivity contribution in [2.24, 2.45) is 5.84 Å². The molecule has 0 fully saturated rings. The molecule has 3 N–H and O–H groups in total. The largest absolute Gasteiger partial charge is 0.271 e. The Morgan fingerprint density at radius 1 is 1.47 bits per heavy atom. The van der Waals surface area contributed by atoms with E-state index in [1.54, 1.807) is 23.9 Å². The van der Waals surface area contributed by atoms with Crippen molar-refractivity contribution >= 4 is 27.7 Å². The van der Waals surface area contributed by atoms with Crippen LogP contribution in [0.25, 0.3) is 0 Å². The van der Waals surface area contributed by atoms with Crippen molar-refractivity contribution in [3.05, 3.63) is 34.1 Å². The molecule has 5 heteroatoms.